The van der Waals surface area contributed by atoms with Crippen molar-refractivity contribution >= 4 is 11.7 Å². The van der Waals surface area contributed by atoms with Crippen LogP contribution in [0.3, 0.4) is 0 Å². The maximum atomic E-state index is 12.3. The number of nitrogens with zero attached hydrogens (tertiary/aromatic N) is 2. The second kappa shape index (κ2) is 11.5. The summed E-state index contributed by atoms with van der Waals surface area (Å²) in [5.41, 5.74) is 4.63. The molecule has 2 amide bonds. The molecule has 34 heavy (non-hydrogen) atoms. The molecule has 178 valence electrons. The highest BCUT2D eigenvalue weighted by Gasteiger charge is 2.28. The zero-order valence-electron chi connectivity index (χ0n) is 19.8. The van der Waals surface area contributed by atoms with Crippen LogP contribution in [0.2, 0.25) is 0 Å². The average Bonchev–Trinajstić information content (AvgIpc) is 2.88. The summed E-state index contributed by atoms with van der Waals surface area (Å²) in [6.45, 7) is 2.24. The Bertz CT molecular complexity index is 1080. The fraction of sp³-hybridized carbons (Fsp3) is 0.333. The Labute approximate surface area is 201 Å². The fourth-order valence-electron chi connectivity index (χ4n) is 4.56. The summed E-state index contributed by atoms with van der Waals surface area (Å²) in [6.07, 6.45) is 6.20. The lowest BCUT2D eigenvalue weighted by molar-refractivity contribution is 0.176. The van der Waals surface area contributed by atoms with Crippen molar-refractivity contribution in [2.45, 2.75) is 25.3 Å². The number of urea groups is 1. The van der Waals surface area contributed by atoms with E-state index in [1.54, 1.807) is 38.7 Å². The van der Waals surface area contributed by atoms with Crippen molar-refractivity contribution in [1.29, 1.82) is 0 Å². The van der Waals surface area contributed by atoms with E-state index in [4.69, 9.17) is 9.47 Å². The molecule has 1 aliphatic heterocycles. The molecule has 1 unspecified atom stereocenters. The number of nitrogens with one attached hydrogen (secondary N) is 2. The number of anilines is 1. The molecule has 4 rings (SSSR count). The van der Waals surface area contributed by atoms with Gasteiger partial charge in [0.15, 0.2) is 11.5 Å². The minimum absolute atomic E-state index is 0.212. The summed E-state index contributed by atoms with van der Waals surface area (Å²) in [5.74, 6) is 1.52. The quantitative estimate of drug-likeness (QED) is 0.493. The van der Waals surface area contributed by atoms with Crippen LogP contribution < -0.4 is 20.1 Å². The molecule has 1 aliphatic rings. The SMILES string of the molecule is COc1cc2c(cc1OC)C(CCc1ccccc1)N(CCNC(=O)Nc1ccncc1)CC2. The summed E-state index contributed by atoms with van der Waals surface area (Å²) >= 11 is 0. The number of carbonyl (C=O) groups is 1. The number of rotatable bonds is 9. The number of amides is 2. The van der Waals surface area contributed by atoms with Gasteiger partial charge >= 0.3 is 6.03 Å². The summed E-state index contributed by atoms with van der Waals surface area (Å²) in [6, 6.07) is 18.4. The summed E-state index contributed by atoms with van der Waals surface area (Å²) < 4.78 is 11.1. The molecule has 1 aromatic heterocycles. The molecule has 0 aliphatic carbocycles. The van der Waals surface area contributed by atoms with Crippen LogP contribution in [0, 0.1) is 0 Å². The first kappa shape index (κ1) is 23.6. The van der Waals surface area contributed by atoms with Crippen LogP contribution in [0.5, 0.6) is 11.5 Å². The maximum absolute atomic E-state index is 12.3. The predicted octanol–water partition coefficient (Wildman–Crippen LogP) is 4.45. The Kier molecular flexibility index (Phi) is 7.99. The molecule has 7 nitrogen and oxygen atoms in total. The smallest absolute Gasteiger partial charge is 0.319 e. The molecular weight excluding hydrogens is 428 g/mol. The van der Waals surface area contributed by atoms with E-state index in [1.807, 2.05) is 6.07 Å². The predicted molar refractivity (Wildman–Crippen MR) is 134 cm³/mol. The van der Waals surface area contributed by atoms with Gasteiger partial charge in [-0.2, -0.15) is 0 Å². The molecule has 0 saturated carbocycles. The van der Waals surface area contributed by atoms with E-state index in [0.717, 1.165) is 49.5 Å². The van der Waals surface area contributed by atoms with Gasteiger partial charge in [-0.1, -0.05) is 30.3 Å². The third kappa shape index (κ3) is 5.85. The lowest BCUT2D eigenvalue weighted by Crippen LogP contribution is -2.42. The Morgan fingerprint density at radius 2 is 1.79 bits per heavy atom. The molecule has 0 bridgehead atoms. The van der Waals surface area contributed by atoms with Crippen LogP contribution in [-0.2, 0) is 12.8 Å². The molecule has 3 aromatic rings. The molecule has 7 heteroatoms. The first-order valence-electron chi connectivity index (χ1n) is 11.7. The normalized spacial score (nSPS) is 15.3. The Morgan fingerprint density at radius 3 is 2.53 bits per heavy atom. The summed E-state index contributed by atoms with van der Waals surface area (Å²) in [7, 11) is 3.35. The van der Waals surface area contributed by atoms with Crippen LogP contribution >= 0.6 is 0 Å². The third-order valence-electron chi connectivity index (χ3n) is 6.29. The lowest BCUT2D eigenvalue weighted by Gasteiger charge is -2.38. The van der Waals surface area contributed by atoms with E-state index in [9.17, 15) is 4.79 Å². The molecule has 2 aromatic carbocycles. The van der Waals surface area contributed by atoms with Crippen LogP contribution in [0.1, 0.15) is 29.2 Å². The van der Waals surface area contributed by atoms with E-state index in [2.05, 4.69) is 56.9 Å². The summed E-state index contributed by atoms with van der Waals surface area (Å²) in [4.78, 5) is 18.7. The van der Waals surface area contributed by atoms with Gasteiger partial charge in [0, 0.05) is 43.8 Å². The molecule has 0 spiro atoms. The van der Waals surface area contributed by atoms with Crippen LogP contribution in [-0.4, -0.2) is 49.8 Å². The van der Waals surface area contributed by atoms with Gasteiger partial charge in [0.1, 0.15) is 0 Å². The Balaban J connectivity index is 1.46. The monoisotopic (exact) mass is 460 g/mol. The number of methoxy groups -OCH3 is 2. The standard InChI is InChI=1S/C27H32N4O3/c1-33-25-18-21-12-16-31(17-15-29-27(32)30-22-10-13-28-14-11-22)24(23(21)19-26(25)34-2)9-8-20-6-4-3-5-7-20/h3-7,10-11,13-14,18-19,24H,8-9,12,15-17H2,1-2H3,(H2,28,29,30,32). The molecular formula is C27H32N4O3. The number of aromatic nitrogens is 1. The molecule has 0 fully saturated rings. The minimum Gasteiger partial charge on any atom is -0.493 e. The van der Waals surface area contributed by atoms with Gasteiger partial charge in [-0.3, -0.25) is 9.88 Å². The zero-order valence-corrected chi connectivity index (χ0v) is 19.8. The van der Waals surface area contributed by atoms with E-state index >= 15 is 0 Å². The molecule has 0 saturated heterocycles. The second-order valence-electron chi connectivity index (χ2n) is 8.35. The average molecular weight is 461 g/mol. The van der Waals surface area contributed by atoms with Gasteiger partial charge in [0.05, 0.1) is 14.2 Å². The Morgan fingerprint density at radius 1 is 1.06 bits per heavy atom. The van der Waals surface area contributed by atoms with Crippen molar-refractivity contribution in [2.75, 3.05) is 39.2 Å². The van der Waals surface area contributed by atoms with Crippen molar-refractivity contribution in [3.05, 3.63) is 83.7 Å². The van der Waals surface area contributed by atoms with Gasteiger partial charge in [-0.25, -0.2) is 4.79 Å². The van der Waals surface area contributed by atoms with Gasteiger partial charge in [-0.05, 0) is 60.2 Å². The lowest BCUT2D eigenvalue weighted by atomic mass is 9.88. The van der Waals surface area contributed by atoms with Crippen molar-refractivity contribution < 1.29 is 14.3 Å². The topological polar surface area (TPSA) is 75.7 Å². The highest BCUT2D eigenvalue weighted by atomic mass is 16.5. The summed E-state index contributed by atoms with van der Waals surface area (Å²) in [5, 5.41) is 5.82. The number of pyridine rings is 1. The van der Waals surface area contributed by atoms with E-state index < -0.39 is 0 Å². The number of hydrogen-bond donors (Lipinski definition) is 2. The number of fused-ring (bicyclic) bond motifs is 1. The van der Waals surface area contributed by atoms with Crippen LogP contribution in [0.15, 0.2) is 67.0 Å². The van der Waals surface area contributed by atoms with Crippen molar-refractivity contribution in [1.82, 2.24) is 15.2 Å². The number of carbonyl (C=O) groups excluding carboxylic acids is 1. The number of ether oxygens (including phenoxy) is 2. The van der Waals surface area contributed by atoms with E-state index in [1.165, 1.54) is 16.7 Å². The van der Waals surface area contributed by atoms with Gasteiger partial charge in [-0.15, -0.1) is 0 Å². The number of benzene rings is 2. The molecule has 0 radical (unpaired) electrons. The van der Waals surface area contributed by atoms with Gasteiger partial charge < -0.3 is 20.1 Å². The first-order chi connectivity index (χ1) is 16.7. The highest BCUT2D eigenvalue weighted by Crippen LogP contribution is 2.39. The maximum Gasteiger partial charge on any atom is 0.319 e. The van der Waals surface area contributed by atoms with Gasteiger partial charge in [0.2, 0.25) is 0 Å². The first-order valence-corrected chi connectivity index (χ1v) is 11.7. The van der Waals surface area contributed by atoms with Crippen molar-refractivity contribution in [3.8, 4) is 11.5 Å². The van der Waals surface area contributed by atoms with Crippen LogP contribution in [0.25, 0.3) is 0 Å². The molecule has 1 atom stereocenters. The fourth-order valence-corrected chi connectivity index (χ4v) is 4.56. The third-order valence-corrected chi connectivity index (χ3v) is 6.29. The number of hydrogen-bond acceptors (Lipinski definition) is 5. The van der Waals surface area contributed by atoms with Crippen molar-refractivity contribution in [3.63, 3.8) is 0 Å². The van der Waals surface area contributed by atoms with Crippen LogP contribution in [0.4, 0.5) is 10.5 Å². The van der Waals surface area contributed by atoms with Gasteiger partial charge in [0.25, 0.3) is 0 Å². The highest BCUT2D eigenvalue weighted by molar-refractivity contribution is 5.89. The van der Waals surface area contributed by atoms with Crippen molar-refractivity contribution in [2.24, 2.45) is 0 Å². The Hall–Kier alpha value is -3.58. The number of aryl methyl sites for hydroxylation is 1. The molecule has 2 N–H and O–H groups in total. The minimum atomic E-state index is -0.212. The zero-order chi connectivity index (χ0) is 23.8. The largest absolute Gasteiger partial charge is 0.493 e. The van der Waals surface area contributed by atoms with E-state index in [-0.39, 0.29) is 12.1 Å². The second-order valence-corrected chi connectivity index (χ2v) is 8.35. The van der Waals surface area contributed by atoms with E-state index in [0.29, 0.717) is 6.54 Å². The molecule has 2 heterocycles.